The Balaban J connectivity index is 2.02. The molecule has 0 unspecified atom stereocenters. The van der Waals surface area contributed by atoms with Crippen molar-refractivity contribution in [2.24, 2.45) is 0 Å². The van der Waals surface area contributed by atoms with E-state index in [2.05, 4.69) is 50.6 Å². The molecule has 0 aliphatic carbocycles. The Morgan fingerprint density at radius 3 is 2.33 bits per heavy atom. The molecule has 1 saturated heterocycles. The Kier molecular flexibility index (Phi) is 4.86. The number of nitrogens with zero attached hydrogens (tertiary/aromatic N) is 2. The zero-order valence-electron chi connectivity index (χ0n) is 10.4. The van der Waals surface area contributed by atoms with Gasteiger partial charge in [0.2, 0.25) is 0 Å². The lowest BCUT2D eigenvalue weighted by Gasteiger charge is -2.36. The van der Waals surface area contributed by atoms with Gasteiger partial charge in [-0.15, -0.1) is 11.3 Å². The second-order valence-corrected chi connectivity index (χ2v) is 8.41. The third-order valence-corrected chi connectivity index (χ3v) is 5.56. The van der Waals surface area contributed by atoms with Crippen LogP contribution in [0.2, 0.25) is 0 Å². The topological polar surface area (TPSA) is 23.6 Å². The lowest BCUT2D eigenvalue weighted by Crippen LogP contribution is -2.50. The maximum atomic E-state index is 12.4. The van der Waals surface area contributed by atoms with Gasteiger partial charge in [-0.1, -0.05) is 0 Å². The maximum Gasteiger partial charge on any atom is 0.255 e. The summed E-state index contributed by atoms with van der Waals surface area (Å²) >= 11 is 8.41. The van der Waals surface area contributed by atoms with Crippen LogP contribution in [0.3, 0.4) is 0 Å². The van der Waals surface area contributed by atoms with E-state index in [1.54, 1.807) is 11.3 Å². The van der Waals surface area contributed by atoms with Crippen LogP contribution in [0, 0.1) is 0 Å². The number of hydrogen-bond donors (Lipinski definition) is 0. The number of thiophene rings is 1. The summed E-state index contributed by atoms with van der Waals surface area (Å²) in [5.74, 6) is 0.132. The van der Waals surface area contributed by atoms with E-state index < -0.39 is 0 Å². The lowest BCUT2D eigenvalue weighted by molar-refractivity contribution is 0.0595. The molecule has 1 aromatic rings. The molecule has 0 radical (unpaired) electrons. The number of carbonyl (C=O) groups excluding carboxylic acids is 1. The van der Waals surface area contributed by atoms with Gasteiger partial charge in [0, 0.05) is 32.2 Å². The smallest absolute Gasteiger partial charge is 0.255 e. The SMILES string of the molecule is CC(C)N1CCN(C(=O)c2cc(Br)sc2Br)CC1. The van der Waals surface area contributed by atoms with E-state index >= 15 is 0 Å². The van der Waals surface area contributed by atoms with Gasteiger partial charge in [0.1, 0.15) is 0 Å². The molecular weight excluding hydrogens is 380 g/mol. The lowest BCUT2D eigenvalue weighted by atomic mass is 10.2. The van der Waals surface area contributed by atoms with Gasteiger partial charge < -0.3 is 4.90 Å². The number of amides is 1. The molecule has 0 N–H and O–H groups in total. The molecule has 1 fully saturated rings. The van der Waals surface area contributed by atoms with Crippen LogP contribution in [0.4, 0.5) is 0 Å². The zero-order valence-corrected chi connectivity index (χ0v) is 14.4. The highest BCUT2D eigenvalue weighted by atomic mass is 79.9. The van der Waals surface area contributed by atoms with E-state index in [4.69, 9.17) is 0 Å². The Morgan fingerprint density at radius 1 is 1.28 bits per heavy atom. The van der Waals surface area contributed by atoms with E-state index in [-0.39, 0.29) is 5.91 Å². The third-order valence-electron chi connectivity index (χ3n) is 3.22. The number of carbonyl (C=O) groups is 1. The Labute approximate surface area is 128 Å². The molecule has 0 atom stereocenters. The largest absolute Gasteiger partial charge is 0.336 e. The van der Waals surface area contributed by atoms with Crippen molar-refractivity contribution in [2.75, 3.05) is 26.2 Å². The molecule has 1 aliphatic rings. The van der Waals surface area contributed by atoms with Crippen LogP contribution < -0.4 is 0 Å². The Hall–Kier alpha value is 0.0900. The number of rotatable bonds is 2. The van der Waals surface area contributed by atoms with Crippen molar-refractivity contribution >= 4 is 49.1 Å². The van der Waals surface area contributed by atoms with E-state index in [9.17, 15) is 4.79 Å². The summed E-state index contributed by atoms with van der Waals surface area (Å²) in [7, 11) is 0. The first-order valence-electron chi connectivity index (χ1n) is 5.97. The molecule has 18 heavy (non-hydrogen) atoms. The standard InChI is InChI=1S/C12H16Br2N2OS/c1-8(2)15-3-5-16(6-4-15)12(17)9-7-10(13)18-11(9)14/h7-8H,3-6H2,1-2H3. The summed E-state index contributed by atoms with van der Waals surface area (Å²) in [6, 6.07) is 2.45. The molecule has 0 saturated carbocycles. The molecule has 3 nitrogen and oxygen atoms in total. The first-order valence-corrected chi connectivity index (χ1v) is 8.37. The van der Waals surface area contributed by atoms with Gasteiger partial charge in [0.05, 0.1) is 13.1 Å². The molecule has 0 bridgehead atoms. The van der Waals surface area contributed by atoms with Gasteiger partial charge in [-0.3, -0.25) is 9.69 Å². The van der Waals surface area contributed by atoms with Crippen LogP contribution in [0.1, 0.15) is 24.2 Å². The van der Waals surface area contributed by atoms with Crippen LogP contribution in [-0.2, 0) is 0 Å². The monoisotopic (exact) mass is 394 g/mol. The average Bonchev–Trinajstić information content (AvgIpc) is 2.67. The molecule has 0 aromatic carbocycles. The highest BCUT2D eigenvalue weighted by Crippen LogP contribution is 2.32. The number of hydrogen-bond acceptors (Lipinski definition) is 3. The maximum absolute atomic E-state index is 12.4. The summed E-state index contributed by atoms with van der Waals surface area (Å²) < 4.78 is 1.89. The van der Waals surface area contributed by atoms with Crippen molar-refractivity contribution in [1.82, 2.24) is 9.80 Å². The Morgan fingerprint density at radius 2 is 1.89 bits per heavy atom. The molecule has 2 rings (SSSR count). The summed E-state index contributed by atoms with van der Waals surface area (Å²) in [6.07, 6.45) is 0. The van der Waals surface area contributed by atoms with Crippen molar-refractivity contribution in [1.29, 1.82) is 0 Å². The van der Waals surface area contributed by atoms with Crippen molar-refractivity contribution in [3.63, 3.8) is 0 Å². The molecule has 6 heteroatoms. The summed E-state index contributed by atoms with van der Waals surface area (Å²) in [4.78, 5) is 16.7. The van der Waals surface area contributed by atoms with Crippen LogP contribution in [0.25, 0.3) is 0 Å². The first kappa shape index (κ1) is 14.5. The van der Waals surface area contributed by atoms with Crippen molar-refractivity contribution in [3.8, 4) is 0 Å². The average molecular weight is 396 g/mol. The van der Waals surface area contributed by atoms with Gasteiger partial charge in [-0.25, -0.2) is 0 Å². The van der Waals surface area contributed by atoms with Gasteiger partial charge in [-0.05, 0) is 51.8 Å². The van der Waals surface area contributed by atoms with Crippen LogP contribution in [0.15, 0.2) is 13.6 Å². The fourth-order valence-electron chi connectivity index (χ4n) is 2.10. The second kappa shape index (κ2) is 6.03. The molecular formula is C12H16Br2N2OS. The number of piperazine rings is 1. The van der Waals surface area contributed by atoms with E-state index in [1.807, 2.05) is 11.0 Å². The predicted octanol–water partition coefficient (Wildman–Crippen LogP) is 3.44. The Bertz CT molecular complexity index is 439. The molecule has 1 aromatic heterocycles. The first-order chi connectivity index (χ1) is 8.49. The minimum Gasteiger partial charge on any atom is -0.336 e. The molecule has 1 amide bonds. The molecule has 100 valence electrons. The minimum absolute atomic E-state index is 0.132. The van der Waals surface area contributed by atoms with Crippen molar-refractivity contribution in [3.05, 3.63) is 19.2 Å². The number of halogens is 2. The highest BCUT2D eigenvalue weighted by Gasteiger charge is 2.25. The van der Waals surface area contributed by atoms with Gasteiger partial charge in [-0.2, -0.15) is 0 Å². The summed E-state index contributed by atoms with van der Waals surface area (Å²) in [5, 5.41) is 0. The van der Waals surface area contributed by atoms with E-state index in [0.29, 0.717) is 6.04 Å². The van der Waals surface area contributed by atoms with Gasteiger partial charge in [0.15, 0.2) is 0 Å². The van der Waals surface area contributed by atoms with Gasteiger partial charge in [0.25, 0.3) is 5.91 Å². The molecule has 2 heterocycles. The van der Waals surface area contributed by atoms with Crippen molar-refractivity contribution < 1.29 is 4.79 Å². The molecule has 1 aliphatic heterocycles. The van der Waals surface area contributed by atoms with E-state index in [0.717, 1.165) is 39.3 Å². The summed E-state index contributed by atoms with van der Waals surface area (Å²) in [5.41, 5.74) is 0.768. The van der Waals surface area contributed by atoms with Crippen LogP contribution >= 0.6 is 43.2 Å². The van der Waals surface area contributed by atoms with Gasteiger partial charge >= 0.3 is 0 Å². The summed E-state index contributed by atoms with van der Waals surface area (Å²) in [6.45, 7) is 7.96. The molecule has 0 spiro atoms. The predicted molar refractivity (Wildman–Crippen MR) is 82.3 cm³/mol. The minimum atomic E-state index is 0.132. The third kappa shape index (κ3) is 3.15. The fourth-order valence-corrected chi connectivity index (χ4v) is 4.88. The van der Waals surface area contributed by atoms with Crippen LogP contribution in [-0.4, -0.2) is 47.9 Å². The van der Waals surface area contributed by atoms with E-state index in [1.165, 1.54) is 0 Å². The zero-order chi connectivity index (χ0) is 13.3. The van der Waals surface area contributed by atoms with Crippen LogP contribution in [0.5, 0.6) is 0 Å². The normalized spacial score (nSPS) is 17.5. The van der Waals surface area contributed by atoms with Crippen molar-refractivity contribution in [2.45, 2.75) is 19.9 Å². The second-order valence-electron chi connectivity index (χ2n) is 4.66. The quantitative estimate of drug-likeness (QED) is 0.765. The highest BCUT2D eigenvalue weighted by molar-refractivity contribution is 9.12. The fraction of sp³-hybridized carbons (Fsp3) is 0.583.